The van der Waals surface area contributed by atoms with Gasteiger partial charge in [0.25, 0.3) is 5.91 Å². The molecule has 4 heteroatoms. The number of nitrogens with one attached hydrogen (secondary N) is 1. The monoisotopic (exact) mass is 209 g/mol. The highest BCUT2D eigenvalue weighted by Crippen LogP contribution is 2.19. The number of amides is 1. The second-order valence-electron chi connectivity index (χ2n) is 3.14. The summed E-state index contributed by atoms with van der Waals surface area (Å²) in [6, 6.07) is 5.37. The van der Waals surface area contributed by atoms with Crippen LogP contribution in [0.3, 0.4) is 0 Å². The van der Waals surface area contributed by atoms with E-state index >= 15 is 0 Å². The maximum atomic E-state index is 11.5. The van der Waals surface area contributed by atoms with E-state index in [1.165, 1.54) is 0 Å². The van der Waals surface area contributed by atoms with Crippen molar-refractivity contribution in [2.24, 2.45) is 0 Å². The van der Waals surface area contributed by atoms with Crippen molar-refractivity contribution in [2.45, 2.75) is 18.4 Å². The summed E-state index contributed by atoms with van der Waals surface area (Å²) in [6.45, 7) is 2.44. The fourth-order valence-corrected chi connectivity index (χ4v) is 2.34. The van der Waals surface area contributed by atoms with Crippen LogP contribution in [0.5, 0.6) is 0 Å². The van der Waals surface area contributed by atoms with Crippen LogP contribution >= 0.6 is 0 Å². The number of benzene rings is 1. The summed E-state index contributed by atoms with van der Waals surface area (Å²) in [5, 5.41) is 2.73. The molecule has 1 aliphatic heterocycles. The maximum Gasteiger partial charge on any atom is 0.251 e. The molecule has 0 spiro atoms. The van der Waals surface area contributed by atoms with Crippen LogP contribution in [0.1, 0.15) is 22.8 Å². The number of rotatable bonds is 2. The highest BCUT2D eigenvalue weighted by Gasteiger charge is 2.19. The zero-order chi connectivity index (χ0) is 10.1. The predicted octanol–water partition coefficient (Wildman–Crippen LogP) is 1.06. The minimum Gasteiger partial charge on any atom is -0.348 e. The van der Waals surface area contributed by atoms with E-state index < -0.39 is 10.8 Å². The third kappa shape index (κ3) is 1.46. The second kappa shape index (κ2) is 3.53. The lowest BCUT2D eigenvalue weighted by atomic mass is 10.1. The Bertz CT molecular complexity index is 415. The molecule has 74 valence electrons. The lowest BCUT2D eigenvalue weighted by Gasteiger charge is -2.01. The van der Waals surface area contributed by atoms with Gasteiger partial charge in [0.15, 0.2) is 0 Å². The number of fused-ring (bicyclic) bond motifs is 1. The Hall–Kier alpha value is -1.16. The van der Waals surface area contributed by atoms with Crippen molar-refractivity contribution >= 4 is 16.7 Å². The number of carbonyl (C=O) groups is 1. The van der Waals surface area contributed by atoms with Crippen LogP contribution in [0.25, 0.3) is 0 Å². The predicted molar refractivity (Wildman–Crippen MR) is 54.6 cm³/mol. The molecule has 1 atom stereocenters. The number of hydrogen-bond donors (Lipinski definition) is 1. The fraction of sp³-hybridized carbons (Fsp3) is 0.300. The first-order chi connectivity index (χ1) is 6.72. The summed E-state index contributed by atoms with van der Waals surface area (Å²) in [7, 11) is -0.933. The molecule has 1 heterocycles. The van der Waals surface area contributed by atoms with Crippen molar-refractivity contribution in [3.8, 4) is 0 Å². The summed E-state index contributed by atoms with van der Waals surface area (Å²) in [5.41, 5.74) is 1.66. The molecule has 2 rings (SSSR count). The molecule has 1 aromatic rings. The maximum absolute atomic E-state index is 11.5. The van der Waals surface area contributed by atoms with Crippen molar-refractivity contribution < 1.29 is 9.00 Å². The first kappa shape index (κ1) is 9.40. The molecule has 14 heavy (non-hydrogen) atoms. The van der Waals surface area contributed by atoms with E-state index in [0.717, 1.165) is 10.5 Å². The van der Waals surface area contributed by atoms with Gasteiger partial charge in [-0.25, -0.2) is 0 Å². The zero-order valence-corrected chi connectivity index (χ0v) is 8.69. The SMILES string of the molecule is CCS(=O)c1ccc2c(c1)CNC2=O. The highest BCUT2D eigenvalue weighted by molar-refractivity contribution is 7.85. The molecule has 0 aromatic heterocycles. The Morgan fingerprint density at radius 2 is 2.29 bits per heavy atom. The second-order valence-corrected chi connectivity index (χ2v) is 4.88. The smallest absolute Gasteiger partial charge is 0.251 e. The molecular formula is C10H11NO2S. The van der Waals surface area contributed by atoms with Gasteiger partial charge in [-0.3, -0.25) is 9.00 Å². The van der Waals surface area contributed by atoms with E-state index in [9.17, 15) is 9.00 Å². The van der Waals surface area contributed by atoms with E-state index in [-0.39, 0.29) is 5.91 Å². The van der Waals surface area contributed by atoms with E-state index in [2.05, 4.69) is 5.32 Å². The number of hydrogen-bond acceptors (Lipinski definition) is 2. The molecule has 1 aromatic carbocycles. The fourth-order valence-electron chi connectivity index (χ4n) is 1.52. The summed E-state index contributed by atoms with van der Waals surface area (Å²) < 4.78 is 11.5. The molecule has 0 saturated carbocycles. The molecule has 0 saturated heterocycles. The Morgan fingerprint density at radius 1 is 1.50 bits per heavy atom. The molecular weight excluding hydrogens is 198 g/mol. The van der Waals surface area contributed by atoms with Crippen LogP contribution < -0.4 is 5.32 Å². The zero-order valence-electron chi connectivity index (χ0n) is 7.87. The summed E-state index contributed by atoms with van der Waals surface area (Å²) in [5.74, 6) is 0.578. The van der Waals surface area contributed by atoms with E-state index in [4.69, 9.17) is 0 Å². The molecule has 0 fully saturated rings. The third-order valence-corrected chi connectivity index (χ3v) is 3.59. The van der Waals surface area contributed by atoms with Gasteiger partial charge in [0, 0.05) is 22.8 Å². The topological polar surface area (TPSA) is 46.2 Å². The molecule has 1 aliphatic rings. The van der Waals surface area contributed by atoms with Crippen molar-refractivity contribution in [2.75, 3.05) is 5.75 Å². The Kier molecular flexibility index (Phi) is 2.37. The van der Waals surface area contributed by atoms with Crippen LogP contribution in [-0.2, 0) is 17.3 Å². The van der Waals surface area contributed by atoms with Crippen molar-refractivity contribution in [3.05, 3.63) is 29.3 Å². The van der Waals surface area contributed by atoms with Crippen LogP contribution in [0.15, 0.2) is 23.1 Å². The largest absolute Gasteiger partial charge is 0.348 e. The number of carbonyl (C=O) groups excluding carboxylic acids is 1. The average Bonchev–Trinajstić information content (AvgIpc) is 2.59. The molecule has 0 radical (unpaired) electrons. The molecule has 0 bridgehead atoms. The molecule has 0 aliphatic carbocycles. The standard InChI is InChI=1S/C10H11NO2S/c1-2-14(13)8-3-4-9-7(5-8)6-11-10(9)12/h3-5H,2,6H2,1H3,(H,11,12). The quantitative estimate of drug-likeness (QED) is 0.791. The molecule has 1 unspecified atom stereocenters. The van der Waals surface area contributed by atoms with Crippen LogP contribution in [0.4, 0.5) is 0 Å². The van der Waals surface area contributed by atoms with Gasteiger partial charge in [-0.2, -0.15) is 0 Å². The van der Waals surface area contributed by atoms with Gasteiger partial charge < -0.3 is 5.32 Å². The Balaban J connectivity index is 2.42. The van der Waals surface area contributed by atoms with Crippen LogP contribution in [-0.4, -0.2) is 15.9 Å². The first-order valence-electron chi connectivity index (χ1n) is 4.52. The lowest BCUT2D eigenvalue weighted by molar-refractivity contribution is 0.0965. The molecule has 1 N–H and O–H groups in total. The van der Waals surface area contributed by atoms with Gasteiger partial charge in [0.05, 0.1) is 10.8 Å². The van der Waals surface area contributed by atoms with Gasteiger partial charge in [0.2, 0.25) is 0 Å². The van der Waals surface area contributed by atoms with Gasteiger partial charge in [0.1, 0.15) is 0 Å². The van der Waals surface area contributed by atoms with Gasteiger partial charge in [-0.1, -0.05) is 6.92 Å². The minimum absolute atomic E-state index is 0.0335. The third-order valence-electron chi connectivity index (χ3n) is 2.29. The van der Waals surface area contributed by atoms with Gasteiger partial charge >= 0.3 is 0 Å². The molecule has 1 amide bonds. The summed E-state index contributed by atoms with van der Waals surface area (Å²) in [4.78, 5) is 12.0. The Morgan fingerprint density at radius 3 is 3.00 bits per heavy atom. The first-order valence-corrected chi connectivity index (χ1v) is 5.83. The summed E-state index contributed by atoms with van der Waals surface area (Å²) >= 11 is 0. The normalized spacial score (nSPS) is 16.2. The van der Waals surface area contributed by atoms with Crippen LogP contribution in [0.2, 0.25) is 0 Å². The lowest BCUT2D eigenvalue weighted by Crippen LogP contribution is -2.12. The average molecular weight is 209 g/mol. The van der Waals surface area contributed by atoms with Gasteiger partial charge in [-0.15, -0.1) is 0 Å². The van der Waals surface area contributed by atoms with Crippen LogP contribution in [0, 0.1) is 0 Å². The van der Waals surface area contributed by atoms with Crippen molar-refractivity contribution in [3.63, 3.8) is 0 Å². The van der Waals surface area contributed by atoms with E-state index in [1.807, 2.05) is 13.0 Å². The van der Waals surface area contributed by atoms with Crippen molar-refractivity contribution in [1.82, 2.24) is 5.32 Å². The minimum atomic E-state index is -0.933. The molecule has 3 nitrogen and oxygen atoms in total. The van der Waals surface area contributed by atoms with Crippen molar-refractivity contribution in [1.29, 1.82) is 0 Å². The van der Waals surface area contributed by atoms with E-state index in [0.29, 0.717) is 17.9 Å². The Labute approximate surface area is 85.0 Å². The van der Waals surface area contributed by atoms with Gasteiger partial charge in [-0.05, 0) is 23.8 Å². The summed E-state index contributed by atoms with van der Waals surface area (Å²) in [6.07, 6.45) is 0. The highest BCUT2D eigenvalue weighted by atomic mass is 32.2. The van der Waals surface area contributed by atoms with E-state index in [1.54, 1.807) is 12.1 Å².